The molecular weight excluding hydrogens is 212 g/mol. The Balaban J connectivity index is 2.11. The van der Waals surface area contributed by atoms with Crippen LogP contribution in [0.4, 0.5) is 0 Å². The summed E-state index contributed by atoms with van der Waals surface area (Å²) in [6, 6.07) is 0.195. The van der Waals surface area contributed by atoms with Crippen molar-refractivity contribution in [1.82, 2.24) is 20.5 Å². The third kappa shape index (κ3) is 5.15. The molecule has 15 heavy (non-hydrogen) atoms. The van der Waals surface area contributed by atoms with Gasteiger partial charge in [0.2, 0.25) is 0 Å². The fourth-order valence-electron chi connectivity index (χ4n) is 1.17. The molecule has 1 unspecified atom stereocenters. The van der Waals surface area contributed by atoms with Crippen molar-refractivity contribution in [1.29, 1.82) is 0 Å². The van der Waals surface area contributed by atoms with Gasteiger partial charge < -0.3 is 10.4 Å². The Morgan fingerprint density at radius 3 is 3.13 bits per heavy atom. The molecule has 1 aromatic heterocycles. The number of nitrogens with one attached hydrogen (secondary N) is 2. The van der Waals surface area contributed by atoms with Crippen LogP contribution in [0.1, 0.15) is 19.8 Å². The second-order valence-corrected chi connectivity index (χ2v) is 4.35. The average molecular weight is 230 g/mol. The van der Waals surface area contributed by atoms with Crippen LogP contribution in [-0.4, -0.2) is 45.2 Å². The van der Waals surface area contributed by atoms with Crippen molar-refractivity contribution < 1.29 is 5.11 Å². The molecule has 0 aliphatic heterocycles. The molecule has 0 saturated heterocycles. The number of aromatic nitrogens is 3. The second kappa shape index (κ2) is 7.67. The van der Waals surface area contributed by atoms with Crippen LogP contribution < -0.4 is 5.32 Å². The highest BCUT2D eigenvalue weighted by Gasteiger charge is 2.06. The Bertz CT molecular complexity index is 242. The number of aromatic amines is 1. The molecule has 0 amide bonds. The molecule has 0 radical (unpaired) electrons. The van der Waals surface area contributed by atoms with Crippen molar-refractivity contribution in [2.75, 3.05) is 18.9 Å². The molecule has 0 aliphatic rings. The monoisotopic (exact) mass is 230 g/mol. The Hall–Kier alpha value is -0.590. The van der Waals surface area contributed by atoms with Gasteiger partial charge in [-0.25, -0.2) is 4.98 Å². The molecule has 1 rings (SSSR count). The average Bonchev–Trinajstić information content (AvgIpc) is 2.76. The van der Waals surface area contributed by atoms with Crippen LogP contribution in [0.3, 0.4) is 0 Å². The largest absolute Gasteiger partial charge is 0.395 e. The zero-order valence-electron chi connectivity index (χ0n) is 8.94. The molecule has 3 N–H and O–H groups in total. The van der Waals surface area contributed by atoms with E-state index < -0.39 is 0 Å². The molecule has 6 heteroatoms. The molecule has 1 heterocycles. The van der Waals surface area contributed by atoms with Crippen molar-refractivity contribution in [3.63, 3.8) is 0 Å². The van der Waals surface area contributed by atoms with Gasteiger partial charge in [0, 0.05) is 11.8 Å². The zero-order chi connectivity index (χ0) is 10.9. The lowest BCUT2D eigenvalue weighted by Crippen LogP contribution is -2.33. The first-order valence-electron chi connectivity index (χ1n) is 5.19. The van der Waals surface area contributed by atoms with E-state index in [0.717, 1.165) is 30.3 Å². The summed E-state index contributed by atoms with van der Waals surface area (Å²) in [5.41, 5.74) is 0. The van der Waals surface area contributed by atoms with Gasteiger partial charge in [-0.15, -0.1) is 0 Å². The van der Waals surface area contributed by atoms with Gasteiger partial charge >= 0.3 is 0 Å². The predicted molar refractivity (Wildman–Crippen MR) is 60.9 cm³/mol. The maximum Gasteiger partial charge on any atom is 0.183 e. The first-order chi connectivity index (χ1) is 7.36. The SMILES string of the molecule is CCCNC(CO)CCSc1ncn[nH]1. The van der Waals surface area contributed by atoms with Crippen LogP contribution >= 0.6 is 11.8 Å². The minimum absolute atomic E-state index is 0.191. The van der Waals surface area contributed by atoms with Crippen molar-refractivity contribution in [3.8, 4) is 0 Å². The molecule has 86 valence electrons. The summed E-state index contributed by atoms with van der Waals surface area (Å²) in [4.78, 5) is 4.01. The van der Waals surface area contributed by atoms with Crippen molar-refractivity contribution in [2.24, 2.45) is 0 Å². The highest BCUT2D eigenvalue weighted by molar-refractivity contribution is 7.99. The molecule has 5 nitrogen and oxygen atoms in total. The van der Waals surface area contributed by atoms with Crippen molar-refractivity contribution >= 4 is 11.8 Å². The number of aliphatic hydroxyl groups excluding tert-OH is 1. The van der Waals surface area contributed by atoms with E-state index in [4.69, 9.17) is 5.11 Å². The van der Waals surface area contributed by atoms with E-state index in [2.05, 4.69) is 27.4 Å². The van der Waals surface area contributed by atoms with E-state index >= 15 is 0 Å². The quantitative estimate of drug-likeness (QED) is 0.572. The van der Waals surface area contributed by atoms with Gasteiger partial charge in [-0.05, 0) is 19.4 Å². The van der Waals surface area contributed by atoms with Crippen molar-refractivity contribution in [3.05, 3.63) is 6.33 Å². The van der Waals surface area contributed by atoms with Crippen LogP contribution in [0.2, 0.25) is 0 Å². The summed E-state index contributed by atoms with van der Waals surface area (Å²) in [7, 11) is 0. The highest BCUT2D eigenvalue weighted by atomic mass is 32.2. The highest BCUT2D eigenvalue weighted by Crippen LogP contribution is 2.12. The van der Waals surface area contributed by atoms with Crippen molar-refractivity contribution in [2.45, 2.75) is 31.0 Å². The van der Waals surface area contributed by atoms with E-state index in [1.807, 2.05) is 0 Å². The summed E-state index contributed by atoms with van der Waals surface area (Å²) in [6.45, 7) is 3.26. The van der Waals surface area contributed by atoms with Gasteiger partial charge in [0.25, 0.3) is 0 Å². The lowest BCUT2D eigenvalue weighted by Gasteiger charge is -2.14. The standard InChI is InChI=1S/C9H18N4OS/c1-2-4-10-8(6-14)3-5-15-9-11-7-12-13-9/h7-8,10,14H,2-6H2,1H3,(H,11,12,13). The van der Waals surface area contributed by atoms with Gasteiger partial charge in [-0.2, -0.15) is 5.10 Å². The molecule has 0 aliphatic carbocycles. The van der Waals surface area contributed by atoms with Gasteiger partial charge in [-0.1, -0.05) is 18.7 Å². The molecule has 0 fully saturated rings. The lowest BCUT2D eigenvalue weighted by atomic mass is 10.2. The normalized spacial score (nSPS) is 12.9. The van der Waals surface area contributed by atoms with Crippen LogP contribution in [0.5, 0.6) is 0 Å². The second-order valence-electron chi connectivity index (χ2n) is 3.26. The summed E-state index contributed by atoms with van der Waals surface area (Å²) in [6.07, 6.45) is 3.52. The molecule has 1 aromatic rings. The van der Waals surface area contributed by atoms with E-state index in [1.54, 1.807) is 11.8 Å². The van der Waals surface area contributed by atoms with Gasteiger partial charge in [0.1, 0.15) is 6.33 Å². The number of hydrogen-bond acceptors (Lipinski definition) is 5. The number of nitrogens with zero attached hydrogens (tertiary/aromatic N) is 2. The molecule has 0 aromatic carbocycles. The molecule has 0 saturated carbocycles. The topological polar surface area (TPSA) is 73.8 Å². The van der Waals surface area contributed by atoms with E-state index in [0.29, 0.717) is 0 Å². The van der Waals surface area contributed by atoms with E-state index in [-0.39, 0.29) is 12.6 Å². The Labute approximate surface area is 94.1 Å². The Kier molecular flexibility index (Phi) is 6.38. The van der Waals surface area contributed by atoms with Gasteiger partial charge in [0.15, 0.2) is 5.16 Å². The first-order valence-corrected chi connectivity index (χ1v) is 6.17. The number of H-pyrrole nitrogens is 1. The minimum Gasteiger partial charge on any atom is -0.395 e. The number of thioether (sulfide) groups is 1. The zero-order valence-corrected chi connectivity index (χ0v) is 9.76. The molecule has 0 bridgehead atoms. The predicted octanol–water partition coefficient (Wildman–Crippen LogP) is 0.647. The smallest absolute Gasteiger partial charge is 0.183 e. The molecule has 1 atom stereocenters. The van der Waals surface area contributed by atoms with Crippen LogP contribution in [0, 0.1) is 0 Å². The minimum atomic E-state index is 0.191. The number of aliphatic hydroxyl groups is 1. The van der Waals surface area contributed by atoms with Crippen LogP contribution in [0.25, 0.3) is 0 Å². The fraction of sp³-hybridized carbons (Fsp3) is 0.778. The fourth-order valence-corrected chi connectivity index (χ4v) is 2.00. The number of hydrogen-bond donors (Lipinski definition) is 3. The lowest BCUT2D eigenvalue weighted by molar-refractivity contribution is 0.240. The van der Waals surface area contributed by atoms with Gasteiger partial charge in [0.05, 0.1) is 6.61 Å². The van der Waals surface area contributed by atoms with E-state index in [9.17, 15) is 0 Å². The molecular formula is C9H18N4OS. The summed E-state index contributed by atoms with van der Waals surface area (Å²) in [5, 5.41) is 19.8. The third-order valence-corrected chi connectivity index (χ3v) is 2.91. The first kappa shape index (κ1) is 12.5. The maximum atomic E-state index is 9.10. The van der Waals surface area contributed by atoms with Gasteiger partial charge in [-0.3, -0.25) is 5.10 Å². The number of rotatable bonds is 8. The summed E-state index contributed by atoms with van der Waals surface area (Å²) in [5.74, 6) is 0.928. The summed E-state index contributed by atoms with van der Waals surface area (Å²) < 4.78 is 0. The molecule has 0 spiro atoms. The van der Waals surface area contributed by atoms with E-state index in [1.165, 1.54) is 6.33 Å². The van der Waals surface area contributed by atoms with Crippen LogP contribution in [0.15, 0.2) is 11.5 Å². The summed E-state index contributed by atoms with van der Waals surface area (Å²) >= 11 is 1.62. The van der Waals surface area contributed by atoms with Crippen LogP contribution in [-0.2, 0) is 0 Å². The maximum absolute atomic E-state index is 9.10. The third-order valence-electron chi connectivity index (χ3n) is 2.00. The Morgan fingerprint density at radius 1 is 1.67 bits per heavy atom. The Morgan fingerprint density at radius 2 is 2.53 bits per heavy atom.